The number of ketones is 1. The van der Waals surface area contributed by atoms with Crippen LogP contribution in [0, 0.1) is 0 Å². The summed E-state index contributed by atoms with van der Waals surface area (Å²) in [5, 5.41) is 18.9. The highest BCUT2D eigenvalue weighted by Gasteiger charge is 2.31. The van der Waals surface area contributed by atoms with Crippen molar-refractivity contribution >= 4 is 23.2 Å². The summed E-state index contributed by atoms with van der Waals surface area (Å²) < 4.78 is 1.31. The van der Waals surface area contributed by atoms with Gasteiger partial charge in [0, 0.05) is 11.8 Å². The smallest absolute Gasteiger partial charge is 0.338 e. The predicted octanol–water partition coefficient (Wildman–Crippen LogP) is 2.57. The molecule has 2 N–H and O–H groups in total. The lowest BCUT2D eigenvalue weighted by atomic mass is 10.0. The Balaban J connectivity index is 2.40. The van der Waals surface area contributed by atoms with E-state index >= 15 is 0 Å². The van der Waals surface area contributed by atoms with Crippen LogP contribution in [-0.2, 0) is 0 Å². The number of hydrogen-bond donors (Lipinski definition) is 2. The fourth-order valence-corrected chi connectivity index (χ4v) is 2.58. The normalized spacial score (nSPS) is 10.6. The second kappa shape index (κ2) is 5.42. The molecule has 0 saturated carbocycles. The van der Waals surface area contributed by atoms with Crippen LogP contribution in [0.1, 0.15) is 36.8 Å². The van der Waals surface area contributed by atoms with Crippen molar-refractivity contribution in [1.29, 1.82) is 0 Å². The topological polar surface area (TPSA) is 96.1 Å². The van der Waals surface area contributed by atoms with Gasteiger partial charge in [-0.2, -0.15) is 0 Å². The van der Waals surface area contributed by atoms with Crippen LogP contribution in [0.2, 0.25) is 0 Å². The van der Waals surface area contributed by atoms with E-state index in [-0.39, 0.29) is 16.8 Å². The van der Waals surface area contributed by atoms with Crippen molar-refractivity contribution < 1.29 is 24.6 Å². The molecule has 6 heteroatoms. The molecule has 0 aliphatic heterocycles. The quantitative estimate of drug-likeness (QED) is 0.722. The molecular weight excluding hydrogens is 298 g/mol. The number of carboxylic acid groups (broad SMARTS) is 2. The van der Waals surface area contributed by atoms with Gasteiger partial charge in [0.05, 0.1) is 5.52 Å². The summed E-state index contributed by atoms with van der Waals surface area (Å²) in [6.45, 7) is 0. The molecule has 2 heterocycles. The molecule has 0 bridgehead atoms. The number of nitrogens with zero attached hydrogens (tertiary/aromatic N) is 1. The first-order chi connectivity index (χ1) is 11.0. The SMILES string of the molecule is O=C(O)c1c(C(=O)O)c2ccccn2c1C(=O)c1ccccc1. The molecule has 0 spiro atoms. The largest absolute Gasteiger partial charge is 0.478 e. The van der Waals surface area contributed by atoms with Crippen molar-refractivity contribution in [3.8, 4) is 0 Å². The number of carbonyl (C=O) groups excluding carboxylic acids is 1. The highest BCUT2D eigenvalue weighted by Crippen LogP contribution is 2.26. The van der Waals surface area contributed by atoms with E-state index in [1.165, 1.54) is 16.7 Å². The number of pyridine rings is 1. The molecule has 23 heavy (non-hydrogen) atoms. The lowest BCUT2D eigenvalue weighted by Gasteiger charge is -2.04. The van der Waals surface area contributed by atoms with Gasteiger partial charge in [-0.05, 0) is 12.1 Å². The van der Waals surface area contributed by atoms with Gasteiger partial charge in [0.1, 0.15) is 16.8 Å². The molecule has 6 nitrogen and oxygen atoms in total. The van der Waals surface area contributed by atoms with Crippen molar-refractivity contribution in [2.45, 2.75) is 0 Å². The molecule has 1 aromatic carbocycles. The fourth-order valence-electron chi connectivity index (χ4n) is 2.58. The van der Waals surface area contributed by atoms with Crippen LogP contribution in [-0.4, -0.2) is 32.3 Å². The van der Waals surface area contributed by atoms with E-state index in [1.807, 2.05) is 0 Å². The van der Waals surface area contributed by atoms with Crippen LogP contribution < -0.4 is 0 Å². The zero-order valence-corrected chi connectivity index (χ0v) is 11.8. The summed E-state index contributed by atoms with van der Waals surface area (Å²) in [4.78, 5) is 35.9. The van der Waals surface area contributed by atoms with E-state index in [9.17, 15) is 24.6 Å². The summed E-state index contributed by atoms with van der Waals surface area (Å²) in [6, 6.07) is 12.8. The van der Waals surface area contributed by atoms with Crippen molar-refractivity contribution in [2.75, 3.05) is 0 Å². The highest BCUT2D eigenvalue weighted by molar-refractivity contribution is 6.19. The number of aromatic nitrogens is 1. The van der Waals surface area contributed by atoms with E-state index in [4.69, 9.17) is 0 Å². The average molecular weight is 309 g/mol. The lowest BCUT2D eigenvalue weighted by Crippen LogP contribution is -2.13. The van der Waals surface area contributed by atoms with E-state index in [2.05, 4.69) is 0 Å². The van der Waals surface area contributed by atoms with Crippen molar-refractivity contribution in [2.24, 2.45) is 0 Å². The van der Waals surface area contributed by atoms with Crippen LogP contribution in [0.25, 0.3) is 5.52 Å². The molecule has 0 fully saturated rings. The first-order valence-corrected chi connectivity index (χ1v) is 6.71. The van der Waals surface area contributed by atoms with Gasteiger partial charge < -0.3 is 14.6 Å². The third-order valence-electron chi connectivity index (χ3n) is 3.52. The molecule has 0 radical (unpaired) electrons. The minimum Gasteiger partial charge on any atom is -0.478 e. The lowest BCUT2D eigenvalue weighted by molar-refractivity contribution is 0.0652. The van der Waals surface area contributed by atoms with Gasteiger partial charge in [-0.1, -0.05) is 36.4 Å². The Morgan fingerprint density at radius 3 is 2.00 bits per heavy atom. The van der Waals surface area contributed by atoms with Gasteiger partial charge in [-0.15, -0.1) is 0 Å². The number of aromatic carboxylic acids is 2. The van der Waals surface area contributed by atoms with Crippen molar-refractivity contribution in [3.05, 3.63) is 77.1 Å². The minimum absolute atomic E-state index is 0.164. The maximum absolute atomic E-state index is 12.7. The molecule has 3 rings (SSSR count). The maximum atomic E-state index is 12.7. The summed E-state index contributed by atoms with van der Waals surface area (Å²) in [5.41, 5.74) is -0.612. The molecule has 0 aliphatic rings. The Hall–Kier alpha value is -3.41. The number of carboxylic acids is 2. The monoisotopic (exact) mass is 309 g/mol. The van der Waals surface area contributed by atoms with E-state index in [0.29, 0.717) is 0 Å². The van der Waals surface area contributed by atoms with E-state index < -0.39 is 28.8 Å². The Morgan fingerprint density at radius 1 is 0.783 bits per heavy atom. The number of hydrogen-bond acceptors (Lipinski definition) is 3. The van der Waals surface area contributed by atoms with Crippen LogP contribution in [0.15, 0.2) is 54.7 Å². The van der Waals surface area contributed by atoms with Gasteiger partial charge in [0.15, 0.2) is 0 Å². The fraction of sp³-hybridized carbons (Fsp3) is 0. The van der Waals surface area contributed by atoms with Gasteiger partial charge >= 0.3 is 11.9 Å². The van der Waals surface area contributed by atoms with Gasteiger partial charge in [0.25, 0.3) is 0 Å². The van der Waals surface area contributed by atoms with Crippen LogP contribution in [0.5, 0.6) is 0 Å². The third-order valence-corrected chi connectivity index (χ3v) is 3.52. The predicted molar refractivity (Wildman–Crippen MR) is 81.2 cm³/mol. The Kier molecular flexibility index (Phi) is 3.42. The van der Waals surface area contributed by atoms with Crippen LogP contribution >= 0.6 is 0 Å². The maximum Gasteiger partial charge on any atom is 0.338 e. The minimum atomic E-state index is -1.45. The van der Waals surface area contributed by atoms with Crippen molar-refractivity contribution in [3.63, 3.8) is 0 Å². The van der Waals surface area contributed by atoms with Gasteiger partial charge in [0.2, 0.25) is 5.78 Å². The summed E-state index contributed by atoms with van der Waals surface area (Å²) in [6.07, 6.45) is 1.48. The van der Waals surface area contributed by atoms with Gasteiger partial charge in [-0.3, -0.25) is 4.79 Å². The first kappa shape index (κ1) is 14.5. The molecular formula is C17H11NO5. The number of rotatable bonds is 4. The summed E-state index contributed by atoms with van der Waals surface area (Å²) in [7, 11) is 0. The molecule has 2 aromatic heterocycles. The zero-order chi connectivity index (χ0) is 16.6. The molecule has 0 aliphatic carbocycles. The molecule has 0 amide bonds. The third kappa shape index (κ3) is 2.26. The second-order valence-electron chi connectivity index (χ2n) is 4.86. The number of carbonyl (C=O) groups is 3. The molecule has 0 atom stereocenters. The molecule has 114 valence electrons. The zero-order valence-electron chi connectivity index (χ0n) is 11.8. The molecule has 0 unspecified atom stereocenters. The Bertz CT molecular complexity index is 940. The Labute approximate surface area is 130 Å². The summed E-state index contributed by atoms with van der Waals surface area (Å²) in [5.74, 6) is -3.39. The van der Waals surface area contributed by atoms with Crippen LogP contribution in [0.4, 0.5) is 0 Å². The summed E-state index contributed by atoms with van der Waals surface area (Å²) >= 11 is 0. The molecule has 3 aromatic rings. The second-order valence-corrected chi connectivity index (χ2v) is 4.86. The van der Waals surface area contributed by atoms with E-state index in [1.54, 1.807) is 42.5 Å². The van der Waals surface area contributed by atoms with Crippen molar-refractivity contribution in [1.82, 2.24) is 4.40 Å². The van der Waals surface area contributed by atoms with Crippen LogP contribution in [0.3, 0.4) is 0 Å². The standard InChI is InChI=1S/C17H11NO5/c19-15(10-6-2-1-3-7-10)14-13(17(22)23)12(16(20)21)11-8-4-5-9-18(11)14/h1-9H,(H,20,21)(H,22,23). The highest BCUT2D eigenvalue weighted by atomic mass is 16.4. The average Bonchev–Trinajstić information content (AvgIpc) is 2.90. The molecule has 0 saturated heterocycles. The van der Waals surface area contributed by atoms with Gasteiger partial charge in [-0.25, -0.2) is 9.59 Å². The number of benzene rings is 1. The Morgan fingerprint density at radius 2 is 1.39 bits per heavy atom. The number of fused-ring (bicyclic) bond motifs is 1. The van der Waals surface area contributed by atoms with E-state index in [0.717, 1.165) is 0 Å². The first-order valence-electron chi connectivity index (χ1n) is 6.71.